The molecule has 148 valence electrons. The number of rotatable bonds is 10. The monoisotopic (exact) mass is 380 g/mol. The van der Waals surface area contributed by atoms with Crippen molar-refractivity contribution >= 4 is 22.8 Å². The van der Waals surface area contributed by atoms with Gasteiger partial charge in [-0.2, -0.15) is 5.10 Å². The van der Waals surface area contributed by atoms with Crippen molar-refractivity contribution in [2.24, 2.45) is 5.92 Å². The first-order chi connectivity index (χ1) is 13.7. The van der Waals surface area contributed by atoms with E-state index in [1.54, 1.807) is 12.5 Å². The summed E-state index contributed by atoms with van der Waals surface area (Å²) in [6.07, 6.45) is 5.97. The number of nitrogens with zero attached hydrogens (tertiary/aromatic N) is 4. The first-order valence-corrected chi connectivity index (χ1v) is 9.95. The second-order valence-electron chi connectivity index (χ2n) is 6.79. The Morgan fingerprint density at radius 2 is 1.89 bits per heavy atom. The Bertz CT molecular complexity index is 888. The van der Waals surface area contributed by atoms with E-state index in [9.17, 15) is 4.79 Å². The smallest absolute Gasteiger partial charge is 0.223 e. The van der Waals surface area contributed by atoms with E-state index in [4.69, 9.17) is 0 Å². The average Bonchev–Trinajstić information content (AvgIpc) is 3.14. The van der Waals surface area contributed by atoms with E-state index in [-0.39, 0.29) is 11.8 Å². The molecule has 28 heavy (non-hydrogen) atoms. The van der Waals surface area contributed by atoms with Gasteiger partial charge in [0.1, 0.15) is 12.1 Å². The van der Waals surface area contributed by atoms with Gasteiger partial charge in [-0.25, -0.2) is 14.6 Å². The Morgan fingerprint density at radius 3 is 2.64 bits per heavy atom. The predicted molar refractivity (Wildman–Crippen MR) is 111 cm³/mol. The van der Waals surface area contributed by atoms with Gasteiger partial charge in [-0.1, -0.05) is 44.2 Å². The summed E-state index contributed by atoms with van der Waals surface area (Å²) in [5.41, 5.74) is 2.05. The Morgan fingerprint density at radius 1 is 1.11 bits per heavy atom. The Balaban J connectivity index is 1.58. The molecule has 7 nitrogen and oxygen atoms in total. The molecule has 0 bridgehead atoms. The van der Waals surface area contributed by atoms with Crippen molar-refractivity contribution in [3.63, 3.8) is 0 Å². The molecule has 7 heteroatoms. The minimum Gasteiger partial charge on any atom is -0.369 e. The maximum Gasteiger partial charge on any atom is 0.223 e. The first kappa shape index (κ1) is 19.8. The summed E-state index contributed by atoms with van der Waals surface area (Å²) in [6.45, 7) is 5.98. The van der Waals surface area contributed by atoms with Gasteiger partial charge in [0, 0.05) is 19.0 Å². The van der Waals surface area contributed by atoms with Crippen molar-refractivity contribution in [1.29, 1.82) is 0 Å². The molecule has 2 aromatic heterocycles. The Kier molecular flexibility index (Phi) is 6.94. The van der Waals surface area contributed by atoms with Crippen LogP contribution in [0.15, 0.2) is 42.9 Å². The predicted octanol–water partition coefficient (Wildman–Crippen LogP) is 3.03. The third kappa shape index (κ3) is 4.85. The number of amides is 1. The third-order valence-electron chi connectivity index (χ3n) is 4.96. The van der Waals surface area contributed by atoms with Gasteiger partial charge in [0.15, 0.2) is 5.65 Å². The van der Waals surface area contributed by atoms with Crippen LogP contribution in [0.4, 0.5) is 5.82 Å². The fourth-order valence-corrected chi connectivity index (χ4v) is 3.26. The number of hydrogen-bond acceptors (Lipinski definition) is 5. The van der Waals surface area contributed by atoms with Gasteiger partial charge < -0.3 is 10.6 Å². The normalized spacial score (nSPS) is 11.1. The molecule has 0 atom stereocenters. The summed E-state index contributed by atoms with van der Waals surface area (Å²) in [6, 6.07) is 10.3. The van der Waals surface area contributed by atoms with Crippen LogP contribution in [0.2, 0.25) is 0 Å². The molecule has 2 N–H and O–H groups in total. The zero-order chi connectivity index (χ0) is 19.8. The molecule has 0 fully saturated rings. The summed E-state index contributed by atoms with van der Waals surface area (Å²) >= 11 is 0. The molecular weight excluding hydrogens is 352 g/mol. The van der Waals surface area contributed by atoms with E-state index < -0.39 is 0 Å². The van der Waals surface area contributed by atoms with E-state index in [0.717, 1.165) is 42.7 Å². The van der Waals surface area contributed by atoms with Gasteiger partial charge in [-0.15, -0.1) is 0 Å². The highest BCUT2D eigenvalue weighted by Gasteiger charge is 2.14. The molecule has 0 saturated carbocycles. The van der Waals surface area contributed by atoms with Crippen LogP contribution in [0.1, 0.15) is 32.3 Å². The number of carbonyl (C=O) groups is 1. The second kappa shape index (κ2) is 9.82. The van der Waals surface area contributed by atoms with Crippen LogP contribution >= 0.6 is 0 Å². The van der Waals surface area contributed by atoms with E-state index in [0.29, 0.717) is 13.1 Å². The molecule has 1 aromatic carbocycles. The SMILES string of the molecule is CCC(CC)C(=O)NCCn1ncc2c(NCCc3ccccc3)ncnc21. The van der Waals surface area contributed by atoms with Crippen molar-refractivity contribution in [2.45, 2.75) is 39.7 Å². The minimum absolute atomic E-state index is 0.0807. The lowest BCUT2D eigenvalue weighted by Gasteiger charge is -2.12. The highest BCUT2D eigenvalue weighted by atomic mass is 16.1. The number of nitrogens with one attached hydrogen (secondary N) is 2. The number of anilines is 1. The molecule has 0 spiro atoms. The lowest BCUT2D eigenvalue weighted by Crippen LogP contribution is -2.32. The Hall–Kier alpha value is -2.96. The highest BCUT2D eigenvalue weighted by Crippen LogP contribution is 2.18. The maximum atomic E-state index is 12.1. The lowest BCUT2D eigenvalue weighted by molar-refractivity contribution is -0.125. The summed E-state index contributed by atoms with van der Waals surface area (Å²) in [7, 11) is 0. The zero-order valence-electron chi connectivity index (χ0n) is 16.6. The molecule has 0 saturated heterocycles. The largest absolute Gasteiger partial charge is 0.369 e. The van der Waals surface area contributed by atoms with Crippen LogP contribution in [-0.2, 0) is 17.8 Å². The Labute approximate surface area is 165 Å². The number of benzene rings is 1. The zero-order valence-corrected chi connectivity index (χ0v) is 16.6. The quantitative estimate of drug-likeness (QED) is 0.565. The third-order valence-corrected chi connectivity index (χ3v) is 4.96. The van der Waals surface area contributed by atoms with E-state index in [1.165, 1.54) is 5.56 Å². The minimum atomic E-state index is 0.0807. The number of fused-ring (bicyclic) bond motifs is 1. The standard InChI is InChI=1S/C21H28N6O/c1-3-17(4-2)21(28)23-12-13-27-20-18(14-26-27)19(24-15-25-20)22-11-10-16-8-6-5-7-9-16/h5-9,14-15,17H,3-4,10-13H2,1-2H3,(H,23,28)(H,22,24,25). The van der Waals surface area contributed by atoms with Gasteiger partial charge in [0.25, 0.3) is 0 Å². The van der Waals surface area contributed by atoms with Crippen molar-refractivity contribution in [3.8, 4) is 0 Å². The van der Waals surface area contributed by atoms with Crippen LogP contribution < -0.4 is 10.6 Å². The highest BCUT2D eigenvalue weighted by molar-refractivity contribution is 5.86. The summed E-state index contributed by atoms with van der Waals surface area (Å²) in [4.78, 5) is 20.8. The fourth-order valence-electron chi connectivity index (χ4n) is 3.26. The molecule has 0 aliphatic carbocycles. The van der Waals surface area contributed by atoms with Gasteiger partial charge in [0.05, 0.1) is 18.1 Å². The van der Waals surface area contributed by atoms with Gasteiger partial charge in [-0.3, -0.25) is 4.79 Å². The van der Waals surface area contributed by atoms with Crippen molar-refractivity contribution in [3.05, 3.63) is 48.4 Å². The second-order valence-corrected chi connectivity index (χ2v) is 6.79. The first-order valence-electron chi connectivity index (χ1n) is 9.95. The lowest BCUT2D eigenvalue weighted by atomic mass is 10.0. The van der Waals surface area contributed by atoms with E-state index in [2.05, 4.69) is 37.8 Å². The summed E-state index contributed by atoms with van der Waals surface area (Å²) in [5.74, 6) is 0.977. The van der Waals surface area contributed by atoms with Gasteiger partial charge >= 0.3 is 0 Å². The summed E-state index contributed by atoms with van der Waals surface area (Å²) < 4.78 is 1.81. The number of hydrogen-bond donors (Lipinski definition) is 2. The fraction of sp³-hybridized carbons (Fsp3) is 0.429. The maximum absolute atomic E-state index is 12.1. The van der Waals surface area contributed by atoms with Gasteiger partial charge in [-0.05, 0) is 24.8 Å². The van der Waals surface area contributed by atoms with Crippen molar-refractivity contribution in [2.75, 3.05) is 18.4 Å². The molecule has 0 aliphatic heterocycles. The summed E-state index contributed by atoms with van der Waals surface area (Å²) in [5, 5.41) is 11.7. The molecule has 3 rings (SSSR count). The average molecular weight is 380 g/mol. The van der Waals surface area contributed by atoms with Crippen LogP contribution in [0.5, 0.6) is 0 Å². The van der Waals surface area contributed by atoms with Crippen LogP contribution in [0, 0.1) is 5.92 Å². The molecule has 0 unspecified atom stereocenters. The van der Waals surface area contributed by atoms with Gasteiger partial charge in [0.2, 0.25) is 5.91 Å². The van der Waals surface area contributed by atoms with E-state index >= 15 is 0 Å². The molecule has 0 aliphatic rings. The van der Waals surface area contributed by atoms with Crippen molar-refractivity contribution in [1.82, 2.24) is 25.1 Å². The topological polar surface area (TPSA) is 84.7 Å². The van der Waals surface area contributed by atoms with Crippen molar-refractivity contribution < 1.29 is 4.79 Å². The van der Waals surface area contributed by atoms with E-state index in [1.807, 2.05) is 36.7 Å². The van der Waals surface area contributed by atoms with Crippen LogP contribution in [0.3, 0.4) is 0 Å². The molecule has 1 amide bonds. The van der Waals surface area contributed by atoms with Crippen LogP contribution in [-0.4, -0.2) is 38.7 Å². The van der Waals surface area contributed by atoms with Crippen LogP contribution in [0.25, 0.3) is 11.0 Å². The number of aromatic nitrogens is 4. The molecule has 2 heterocycles. The molecule has 3 aromatic rings. The molecule has 0 radical (unpaired) electrons. The number of carbonyl (C=O) groups excluding carboxylic acids is 1. The molecular formula is C21H28N6O.